The second kappa shape index (κ2) is 6.40. The van der Waals surface area contributed by atoms with E-state index in [1.54, 1.807) is 16.9 Å². The maximum atomic E-state index is 10.4. The van der Waals surface area contributed by atoms with E-state index in [-0.39, 0.29) is 0 Å². The summed E-state index contributed by atoms with van der Waals surface area (Å²) in [6, 6.07) is 7.46. The number of hydrogen-bond donors (Lipinski definition) is 4. The number of pyridine rings is 1. The summed E-state index contributed by atoms with van der Waals surface area (Å²) >= 11 is 0. The minimum Gasteiger partial charge on any atom is -0.385 e. The SMILES string of the molecule is CNc1cc(Nc2ccccn2)nn2c(C(O)NC=C3CC3)cnc12. The second-order valence-electron chi connectivity index (χ2n) is 5.82. The summed E-state index contributed by atoms with van der Waals surface area (Å²) in [6.07, 6.45) is 6.49. The predicted molar refractivity (Wildman–Crippen MR) is 95.5 cm³/mol. The van der Waals surface area contributed by atoms with Crippen LogP contribution in [0.2, 0.25) is 0 Å². The maximum Gasteiger partial charge on any atom is 0.177 e. The van der Waals surface area contributed by atoms with Gasteiger partial charge in [0.1, 0.15) is 11.5 Å². The Morgan fingerprint density at radius 3 is 2.84 bits per heavy atom. The third-order valence-electron chi connectivity index (χ3n) is 3.95. The largest absolute Gasteiger partial charge is 0.385 e. The van der Waals surface area contributed by atoms with Gasteiger partial charge in [-0.2, -0.15) is 0 Å². The molecule has 0 spiro atoms. The molecule has 1 saturated carbocycles. The average Bonchev–Trinajstić information content (AvgIpc) is 3.37. The van der Waals surface area contributed by atoms with E-state index in [9.17, 15) is 5.11 Å². The quantitative estimate of drug-likeness (QED) is 0.512. The molecule has 1 unspecified atom stereocenters. The van der Waals surface area contributed by atoms with Crippen LogP contribution in [0.25, 0.3) is 5.65 Å². The van der Waals surface area contributed by atoms with Gasteiger partial charge in [-0.25, -0.2) is 14.5 Å². The highest BCUT2D eigenvalue weighted by atomic mass is 16.3. The number of allylic oxidation sites excluding steroid dienone is 1. The molecule has 0 radical (unpaired) electrons. The third kappa shape index (κ3) is 3.24. The van der Waals surface area contributed by atoms with E-state index < -0.39 is 6.23 Å². The van der Waals surface area contributed by atoms with Gasteiger partial charge in [-0.15, -0.1) is 5.10 Å². The Labute approximate surface area is 144 Å². The summed E-state index contributed by atoms with van der Waals surface area (Å²) in [5, 5.41) is 24.2. The fourth-order valence-corrected chi connectivity index (χ4v) is 2.48. The molecule has 25 heavy (non-hydrogen) atoms. The topological polar surface area (TPSA) is 99.4 Å². The molecule has 8 nitrogen and oxygen atoms in total. The smallest absolute Gasteiger partial charge is 0.177 e. The lowest BCUT2D eigenvalue weighted by Gasteiger charge is -2.12. The van der Waals surface area contributed by atoms with E-state index in [0.29, 0.717) is 23.0 Å². The van der Waals surface area contributed by atoms with Crippen molar-refractivity contribution >= 4 is 23.0 Å². The molecule has 0 bridgehead atoms. The van der Waals surface area contributed by atoms with Crippen LogP contribution in [0, 0.1) is 0 Å². The Morgan fingerprint density at radius 1 is 1.24 bits per heavy atom. The number of aliphatic hydroxyl groups excluding tert-OH is 1. The molecule has 128 valence electrons. The zero-order valence-electron chi connectivity index (χ0n) is 13.8. The van der Waals surface area contributed by atoms with E-state index in [2.05, 4.69) is 31.0 Å². The number of hydrogen-bond acceptors (Lipinski definition) is 7. The first-order valence-corrected chi connectivity index (χ1v) is 8.11. The number of imidazole rings is 1. The van der Waals surface area contributed by atoms with E-state index in [0.717, 1.165) is 18.5 Å². The van der Waals surface area contributed by atoms with Crippen LogP contribution in [0.5, 0.6) is 0 Å². The molecule has 0 saturated heterocycles. The van der Waals surface area contributed by atoms with Gasteiger partial charge in [-0.1, -0.05) is 11.6 Å². The van der Waals surface area contributed by atoms with E-state index in [1.807, 2.05) is 37.5 Å². The number of aliphatic hydroxyl groups is 1. The van der Waals surface area contributed by atoms with Gasteiger partial charge in [-0.05, 0) is 31.2 Å². The molecule has 4 N–H and O–H groups in total. The number of fused-ring (bicyclic) bond motifs is 1. The average molecular weight is 337 g/mol. The zero-order valence-corrected chi connectivity index (χ0v) is 13.8. The first-order valence-electron chi connectivity index (χ1n) is 8.11. The number of aromatic nitrogens is 4. The van der Waals surface area contributed by atoms with Crippen LogP contribution in [0.3, 0.4) is 0 Å². The fraction of sp³-hybridized carbons (Fsp3) is 0.235. The van der Waals surface area contributed by atoms with Crippen LogP contribution in [0.1, 0.15) is 24.8 Å². The van der Waals surface area contributed by atoms with Crippen molar-refractivity contribution in [3.8, 4) is 0 Å². The van der Waals surface area contributed by atoms with Crippen LogP contribution in [-0.4, -0.2) is 31.7 Å². The minimum atomic E-state index is -0.884. The van der Waals surface area contributed by atoms with Crippen molar-refractivity contribution in [1.82, 2.24) is 24.9 Å². The van der Waals surface area contributed by atoms with Crippen LogP contribution in [0.15, 0.2) is 48.4 Å². The van der Waals surface area contributed by atoms with Crippen LogP contribution in [-0.2, 0) is 0 Å². The number of anilines is 3. The lowest BCUT2D eigenvalue weighted by molar-refractivity contribution is 0.149. The highest BCUT2D eigenvalue weighted by Gasteiger charge is 2.18. The van der Waals surface area contributed by atoms with E-state index >= 15 is 0 Å². The number of nitrogens with one attached hydrogen (secondary N) is 3. The van der Waals surface area contributed by atoms with Gasteiger partial charge in [0.15, 0.2) is 17.7 Å². The summed E-state index contributed by atoms with van der Waals surface area (Å²) in [7, 11) is 1.82. The highest BCUT2D eigenvalue weighted by molar-refractivity contribution is 5.71. The summed E-state index contributed by atoms with van der Waals surface area (Å²) in [5.74, 6) is 1.29. The van der Waals surface area contributed by atoms with E-state index in [1.165, 1.54) is 5.57 Å². The molecule has 0 aliphatic heterocycles. The Morgan fingerprint density at radius 2 is 2.12 bits per heavy atom. The fourth-order valence-electron chi connectivity index (χ4n) is 2.48. The Kier molecular flexibility index (Phi) is 3.95. The molecule has 3 aromatic heterocycles. The molecule has 3 aromatic rings. The normalized spacial score (nSPS) is 14.2. The van der Waals surface area contributed by atoms with Crippen molar-refractivity contribution in [2.24, 2.45) is 0 Å². The van der Waals surface area contributed by atoms with Crippen molar-refractivity contribution < 1.29 is 5.11 Å². The third-order valence-corrected chi connectivity index (χ3v) is 3.95. The van der Waals surface area contributed by atoms with Gasteiger partial charge in [0.25, 0.3) is 0 Å². The highest BCUT2D eigenvalue weighted by Crippen LogP contribution is 2.27. The predicted octanol–water partition coefficient (Wildman–Crippen LogP) is 2.17. The first kappa shape index (κ1) is 15.4. The molecule has 3 heterocycles. The van der Waals surface area contributed by atoms with Gasteiger partial charge in [-0.3, -0.25) is 0 Å². The molecule has 0 amide bonds. The molecule has 1 aliphatic rings. The van der Waals surface area contributed by atoms with Crippen LogP contribution < -0.4 is 16.0 Å². The van der Waals surface area contributed by atoms with Crippen molar-refractivity contribution in [3.05, 3.63) is 54.1 Å². The van der Waals surface area contributed by atoms with Crippen molar-refractivity contribution in [2.45, 2.75) is 19.1 Å². The molecule has 0 aromatic carbocycles. The summed E-state index contributed by atoms with van der Waals surface area (Å²) in [5.41, 5.74) is 3.30. The van der Waals surface area contributed by atoms with E-state index in [4.69, 9.17) is 0 Å². The number of nitrogens with zero attached hydrogens (tertiary/aromatic N) is 4. The van der Waals surface area contributed by atoms with Gasteiger partial charge >= 0.3 is 0 Å². The molecule has 1 fully saturated rings. The first-order chi connectivity index (χ1) is 12.2. The molecular weight excluding hydrogens is 318 g/mol. The monoisotopic (exact) mass is 337 g/mol. The zero-order chi connectivity index (χ0) is 17.2. The van der Waals surface area contributed by atoms with Crippen molar-refractivity contribution in [1.29, 1.82) is 0 Å². The van der Waals surface area contributed by atoms with Gasteiger partial charge < -0.3 is 21.1 Å². The van der Waals surface area contributed by atoms with Crippen molar-refractivity contribution in [3.63, 3.8) is 0 Å². The lowest BCUT2D eigenvalue weighted by atomic mass is 10.4. The molecule has 1 atom stereocenters. The molecular formula is C17H19N7O. The summed E-state index contributed by atoms with van der Waals surface area (Å²) in [6.45, 7) is 0. The van der Waals surface area contributed by atoms with Crippen LogP contribution >= 0.6 is 0 Å². The molecule has 8 heteroatoms. The maximum absolute atomic E-state index is 10.4. The summed E-state index contributed by atoms with van der Waals surface area (Å²) < 4.78 is 1.63. The number of rotatable bonds is 6. The minimum absolute atomic E-state index is 0.564. The molecule has 4 rings (SSSR count). The van der Waals surface area contributed by atoms with Crippen molar-refractivity contribution in [2.75, 3.05) is 17.7 Å². The Balaban J connectivity index is 1.70. The summed E-state index contributed by atoms with van der Waals surface area (Å²) in [4.78, 5) is 8.62. The Hall–Kier alpha value is -3.13. The van der Waals surface area contributed by atoms with Crippen LogP contribution in [0.4, 0.5) is 17.3 Å². The lowest BCUT2D eigenvalue weighted by Crippen LogP contribution is -2.17. The second-order valence-corrected chi connectivity index (χ2v) is 5.82. The molecule has 1 aliphatic carbocycles. The Bertz CT molecular complexity index is 913. The van der Waals surface area contributed by atoms with Gasteiger partial charge in [0.2, 0.25) is 0 Å². The standard InChI is InChI=1S/C17H19N7O/c1-18-12-8-15(22-14-4-2-3-7-19-14)23-24-13(10-20-16(12)24)17(25)21-9-11-5-6-11/h2-4,7-10,17-18,21,25H,5-6H2,1H3,(H,19,22,23). The van der Waals surface area contributed by atoms with Gasteiger partial charge in [0.05, 0.1) is 11.9 Å². The van der Waals surface area contributed by atoms with Gasteiger partial charge in [0, 0.05) is 19.3 Å².